The number of oxime groups is 1. The zero-order valence-electron chi connectivity index (χ0n) is 34.1. The topological polar surface area (TPSA) is 140 Å². The van der Waals surface area contributed by atoms with E-state index in [-0.39, 0.29) is 62.9 Å². The van der Waals surface area contributed by atoms with Crippen LogP contribution in [0.25, 0.3) is 10.8 Å². The fraction of sp³-hybridized carbons (Fsp3) is 0.500. The van der Waals surface area contributed by atoms with E-state index in [0.29, 0.717) is 43.8 Å². The Morgan fingerprint density at radius 3 is 2.58 bits per heavy atom. The molecule has 316 valence electrons. The molecule has 7 unspecified atom stereocenters. The molecule has 2 fully saturated rings. The van der Waals surface area contributed by atoms with Gasteiger partial charge in [0.15, 0.2) is 0 Å². The Balaban J connectivity index is 1.45. The number of unbranched alkanes of at least 4 members (excludes halogenated alkanes) is 2. The van der Waals surface area contributed by atoms with Gasteiger partial charge in [-0.3, -0.25) is 4.90 Å². The van der Waals surface area contributed by atoms with Crippen molar-refractivity contribution in [3.05, 3.63) is 109 Å². The van der Waals surface area contributed by atoms with Crippen molar-refractivity contribution in [1.82, 2.24) is 4.90 Å². The molecule has 3 N–H and O–H groups in total. The van der Waals surface area contributed by atoms with Crippen LogP contribution in [-0.2, 0) is 25.6 Å². The lowest BCUT2D eigenvalue weighted by Gasteiger charge is -2.59. The van der Waals surface area contributed by atoms with E-state index in [1.54, 1.807) is 35.3 Å². The third kappa shape index (κ3) is 9.23. The van der Waals surface area contributed by atoms with Crippen molar-refractivity contribution >= 4 is 22.6 Å². The number of allylic oxidation sites excluding steroid dienone is 1. The van der Waals surface area contributed by atoms with E-state index in [9.17, 15) is 20.1 Å². The molecule has 2 heterocycles. The van der Waals surface area contributed by atoms with Crippen molar-refractivity contribution in [1.29, 1.82) is 0 Å². The van der Waals surface area contributed by atoms with Gasteiger partial charge in [-0.15, -0.1) is 13.2 Å². The van der Waals surface area contributed by atoms with Crippen molar-refractivity contribution in [2.75, 3.05) is 33.0 Å². The highest BCUT2D eigenvalue weighted by Gasteiger charge is 2.65. The maximum atomic E-state index is 14.8. The van der Waals surface area contributed by atoms with E-state index in [2.05, 4.69) is 37.4 Å². The van der Waals surface area contributed by atoms with Gasteiger partial charge in [-0.1, -0.05) is 78.7 Å². The molecule has 1 saturated carbocycles. The Morgan fingerprint density at radius 1 is 0.983 bits per heavy atom. The molecular formula is C48H60N2O9. The summed E-state index contributed by atoms with van der Waals surface area (Å²) in [5.41, 5.74) is 3.37. The number of fused-ring (bicyclic) bond motifs is 3. The van der Waals surface area contributed by atoms with Gasteiger partial charge in [0.2, 0.25) is 12.1 Å². The molecule has 0 aromatic heterocycles. The number of carbonyl (C=O) groups is 1. The number of phenolic OH excluding ortho intramolecular Hbond substituents is 1. The number of ether oxygens (including phenoxy) is 4. The van der Waals surface area contributed by atoms with Crippen LogP contribution in [0.15, 0.2) is 103 Å². The highest BCUT2D eigenvalue weighted by molar-refractivity contribution is 6.03. The van der Waals surface area contributed by atoms with Gasteiger partial charge in [0, 0.05) is 37.5 Å². The van der Waals surface area contributed by atoms with Crippen molar-refractivity contribution in [2.24, 2.45) is 22.9 Å². The SMILES string of the molecule is C=CCCOC(=O)N(Cc1cccc2ccccc12)C1CC(=NOC2CCCCO2)C2=CC(CCCCO)C(CCCCO)C3c4cc(O)ccc4OC1(OCC=C)C23. The van der Waals surface area contributed by atoms with Crippen LogP contribution in [0.5, 0.6) is 11.5 Å². The first-order valence-corrected chi connectivity index (χ1v) is 21.5. The highest BCUT2D eigenvalue weighted by atomic mass is 16.8. The quantitative estimate of drug-likeness (QED) is 0.0616. The lowest BCUT2D eigenvalue weighted by atomic mass is 9.55. The third-order valence-corrected chi connectivity index (χ3v) is 12.5. The summed E-state index contributed by atoms with van der Waals surface area (Å²) in [5.74, 6) is -1.47. The van der Waals surface area contributed by atoms with Gasteiger partial charge in [0.05, 0.1) is 38.0 Å². The van der Waals surface area contributed by atoms with Crippen molar-refractivity contribution < 1.29 is 43.9 Å². The average Bonchev–Trinajstić information content (AvgIpc) is 3.26. The number of hydrogen-bond acceptors (Lipinski definition) is 10. The maximum absolute atomic E-state index is 14.8. The lowest BCUT2D eigenvalue weighted by molar-refractivity contribution is -0.256. The number of aliphatic hydroxyl groups is 2. The number of rotatable bonds is 19. The molecule has 11 heteroatoms. The fourth-order valence-electron chi connectivity index (χ4n) is 9.80. The van der Waals surface area contributed by atoms with Crippen LogP contribution < -0.4 is 4.74 Å². The summed E-state index contributed by atoms with van der Waals surface area (Å²) in [6.45, 7) is 9.11. The van der Waals surface area contributed by atoms with Crippen LogP contribution >= 0.6 is 0 Å². The molecule has 0 radical (unpaired) electrons. The van der Waals surface area contributed by atoms with Gasteiger partial charge in [0.1, 0.15) is 17.5 Å². The standard InChI is InChI=1S/C48H60N2O9/c1-3-5-27-56-47(54)50(32-35-18-14-17-33-15-6-7-19-37(33)35)43-31-41(49-59-44-21-10-13-28-55-44)39-29-34(16-8-11-24-51)38(20-9-12-25-52)45-40-30-36(53)22-23-42(40)58-48(43,46(39)45)57-26-4-2/h3-4,6-7,14-15,17-19,22-23,29-30,34,38,43-46,51-53H,1-2,5,8-13,16,20-21,24-28,31-32H2. The number of nitrogens with zero attached hydrogens (tertiary/aromatic N) is 2. The molecule has 11 nitrogen and oxygen atoms in total. The largest absolute Gasteiger partial charge is 0.508 e. The van der Waals surface area contributed by atoms with Gasteiger partial charge in [-0.2, -0.15) is 0 Å². The van der Waals surface area contributed by atoms with Gasteiger partial charge in [-0.25, -0.2) is 4.79 Å². The summed E-state index contributed by atoms with van der Waals surface area (Å²) in [5, 5.41) is 37.8. The first-order valence-electron chi connectivity index (χ1n) is 21.5. The first kappa shape index (κ1) is 42.4. The molecule has 1 amide bonds. The van der Waals surface area contributed by atoms with E-state index >= 15 is 0 Å². The first-order chi connectivity index (χ1) is 28.9. The fourth-order valence-corrected chi connectivity index (χ4v) is 9.80. The summed E-state index contributed by atoms with van der Waals surface area (Å²) in [6, 6.07) is 18.7. The smallest absolute Gasteiger partial charge is 0.410 e. The molecule has 3 aromatic rings. The Bertz CT molecular complexity index is 1970. The second-order valence-corrected chi connectivity index (χ2v) is 16.2. The number of aliphatic hydroxyl groups excluding tert-OH is 2. The molecule has 3 aromatic carbocycles. The van der Waals surface area contributed by atoms with E-state index in [1.807, 2.05) is 24.3 Å². The molecular weight excluding hydrogens is 749 g/mol. The Morgan fingerprint density at radius 2 is 1.80 bits per heavy atom. The predicted molar refractivity (Wildman–Crippen MR) is 227 cm³/mol. The molecule has 0 bridgehead atoms. The lowest BCUT2D eigenvalue weighted by Crippen LogP contribution is -2.70. The normalized spacial score (nSPS) is 26.5. The van der Waals surface area contributed by atoms with Crippen LogP contribution in [0.3, 0.4) is 0 Å². The number of carbonyl (C=O) groups excluding carboxylic acids is 1. The number of amides is 1. The summed E-state index contributed by atoms with van der Waals surface area (Å²) >= 11 is 0. The van der Waals surface area contributed by atoms with Crippen LogP contribution in [0.2, 0.25) is 0 Å². The summed E-state index contributed by atoms with van der Waals surface area (Å²) in [7, 11) is 0. The van der Waals surface area contributed by atoms with Crippen LogP contribution in [0.4, 0.5) is 4.79 Å². The molecule has 0 spiro atoms. The summed E-state index contributed by atoms with van der Waals surface area (Å²) in [6.07, 6.45) is 12.6. The number of hydrogen-bond donors (Lipinski definition) is 3. The van der Waals surface area contributed by atoms with E-state index in [1.165, 1.54) is 0 Å². The minimum absolute atomic E-state index is 0.0267. The van der Waals surface area contributed by atoms with Crippen LogP contribution in [0.1, 0.15) is 87.7 Å². The van der Waals surface area contributed by atoms with Crippen LogP contribution in [0, 0.1) is 17.8 Å². The second-order valence-electron chi connectivity index (χ2n) is 16.2. The molecule has 2 aliphatic carbocycles. The van der Waals surface area contributed by atoms with Crippen molar-refractivity contribution in [2.45, 2.75) is 101 Å². The average molecular weight is 809 g/mol. The number of benzene rings is 3. The van der Waals surface area contributed by atoms with Crippen LogP contribution in [-0.4, -0.2) is 83.2 Å². The van der Waals surface area contributed by atoms with E-state index < -0.39 is 30.1 Å². The van der Waals surface area contributed by atoms with Crippen molar-refractivity contribution in [3.63, 3.8) is 0 Å². The Labute approximate surface area is 347 Å². The van der Waals surface area contributed by atoms with E-state index in [4.69, 9.17) is 28.9 Å². The number of aromatic hydroxyl groups is 1. The van der Waals surface area contributed by atoms with E-state index in [0.717, 1.165) is 66.0 Å². The monoisotopic (exact) mass is 808 g/mol. The molecule has 7 atom stereocenters. The Kier molecular flexibility index (Phi) is 14.4. The van der Waals surface area contributed by atoms with Crippen molar-refractivity contribution in [3.8, 4) is 11.5 Å². The zero-order valence-corrected chi connectivity index (χ0v) is 34.1. The minimum Gasteiger partial charge on any atom is -0.508 e. The summed E-state index contributed by atoms with van der Waals surface area (Å²) in [4.78, 5) is 22.8. The molecule has 1 saturated heterocycles. The molecule has 2 aliphatic heterocycles. The van der Waals surface area contributed by atoms with Gasteiger partial charge in [0.25, 0.3) is 0 Å². The zero-order chi connectivity index (χ0) is 41.2. The van der Waals surface area contributed by atoms with Gasteiger partial charge >= 0.3 is 6.09 Å². The molecule has 59 heavy (non-hydrogen) atoms. The number of phenols is 1. The third-order valence-electron chi connectivity index (χ3n) is 12.5. The Hall–Kier alpha value is -4.68. The summed E-state index contributed by atoms with van der Waals surface area (Å²) < 4.78 is 26.4. The molecule has 7 rings (SSSR count). The van der Waals surface area contributed by atoms with Gasteiger partial charge < -0.3 is 39.1 Å². The predicted octanol–water partition coefficient (Wildman–Crippen LogP) is 8.92. The second kappa shape index (κ2) is 20.1. The minimum atomic E-state index is -1.47. The highest BCUT2D eigenvalue weighted by Crippen LogP contribution is 2.62. The molecule has 4 aliphatic rings. The maximum Gasteiger partial charge on any atom is 0.410 e. The van der Waals surface area contributed by atoms with Gasteiger partial charge in [-0.05, 0) is 96.9 Å².